The molecule has 0 saturated heterocycles. The van der Waals surface area contributed by atoms with Gasteiger partial charge in [-0.1, -0.05) is 24.8 Å². The van der Waals surface area contributed by atoms with Crippen LogP contribution in [0.5, 0.6) is 0 Å². The van der Waals surface area contributed by atoms with Crippen LogP contribution in [0.1, 0.15) is 24.5 Å². The smallest absolute Gasteiger partial charge is 0.124 e. The third-order valence-electron chi connectivity index (χ3n) is 2.51. The molecule has 1 N–H and O–H groups in total. The highest BCUT2D eigenvalue weighted by atomic mass is 19.1. The van der Waals surface area contributed by atoms with E-state index in [2.05, 4.69) is 23.7 Å². The summed E-state index contributed by atoms with van der Waals surface area (Å²) in [5.74, 6) is 5.46. The highest BCUT2D eigenvalue weighted by Gasteiger charge is 2.04. The molecule has 0 saturated carbocycles. The van der Waals surface area contributed by atoms with Crippen LogP contribution in [0.4, 0.5) is 4.39 Å². The second kappa shape index (κ2) is 7.05. The molecular weight excluding hydrogens is 217 g/mol. The highest BCUT2D eigenvalue weighted by Crippen LogP contribution is 2.12. The Morgan fingerprint density at radius 1 is 1.41 bits per heavy atom. The van der Waals surface area contributed by atoms with Crippen molar-refractivity contribution in [1.82, 2.24) is 4.90 Å². The number of benzene rings is 1. The average molecular weight is 235 g/mol. The van der Waals surface area contributed by atoms with Crippen LogP contribution in [0.3, 0.4) is 0 Å². The van der Waals surface area contributed by atoms with E-state index in [9.17, 15) is 4.39 Å². The normalized spacial score (nSPS) is 10.2. The van der Waals surface area contributed by atoms with Gasteiger partial charge in [0.15, 0.2) is 0 Å². The maximum absolute atomic E-state index is 13.1. The van der Waals surface area contributed by atoms with Crippen LogP contribution in [-0.2, 0) is 6.54 Å². The van der Waals surface area contributed by atoms with Crippen LogP contribution in [0, 0.1) is 17.7 Å². The molecular formula is C14H18FNO. The Labute approximate surface area is 102 Å². The minimum Gasteiger partial charge on any atom is -0.395 e. The summed E-state index contributed by atoms with van der Waals surface area (Å²) in [5, 5.41) is 8.67. The van der Waals surface area contributed by atoms with Crippen LogP contribution in [0.2, 0.25) is 0 Å². The van der Waals surface area contributed by atoms with Crippen LogP contribution in [0.15, 0.2) is 18.2 Å². The van der Waals surface area contributed by atoms with Gasteiger partial charge >= 0.3 is 0 Å². The lowest BCUT2D eigenvalue weighted by atomic mass is 10.1. The second-order valence-electron chi connectivity index (χ2n) is 3.91. The van der Waals surface area contributed by atoms with Gasteiger partial charge < -0.3 is 10.0 Å². The maximum Gasteiger partial charge on any atom is 0.124 e. The Hall–Kier alpha value is -1.37. The molecule has 0 bridgehead atoms. The van der Waals surface area contributed by atoms with Gasteiger partial charge in [0.25, 0.3) is 0 Å². The molecule has 3 heteroatoms. The number of hydrogen-bond acceptors (Lipinski definition) is 2. The maximum atomic E-state index is 13.1. The highest BCUT2D eigenvalue weighted by molar-refractivity contribution is 5.41. The molecule has 0 aromatic heterocycles. The predicted octanol–water partition coefficient (Wildman–Crippen LogP) is 2.01. The lowest BCUT2D eigenvalue weighted by Gasteiger charge is -2.15. The minimum atomic E-state index is -0.277. The number of aliphatic hydroxyl groups excluding tert-OH is 1. The van der Waals surface area contributed by atoms with Crippen molar-refractivity contribution >= 4 is 0 Å². The van der Waals surface area contributed by atoms with Crippen LogP contribution in [0.25, 0.3) is 0 Å². The van der Waals surface area contributed by atoms with Gasteiger partial charge in [-0.05, 0) is 31.3 Å². The molecule has 17 heavy (non-hydrogen) atoms. The summed E-state index contributed by atoms with van der Waals surface area (Å²) >= 11 is 0. The number of halogens is 1. The van der Waals surface area contributed by atoms with E-state index in [0.717, 1.165) is 18.7 Å². The molecule has 0 unspecified atom stereocenters. The summed E-state index contributed by atoms with van der Waals surface area (Å²) in [5.41, 5.74) is 1.72. The first-order chi connectivity index (χ1) is 8.17. The van der Waals surface area contributed by atoms with Gasteiger partial charge in [-0.25, -0.2) is 4.39 Å². The van der Waals surface area contributed by atoms with Crippen molar-refractivity contribution in [3.05, 3.63) is 35.1 Å². The fourth-order valence-electron chi connectivity index (χ4n) is 1.42. The molecule has 0 aliphatic carbocycles. The number of rotatable bonds is 4. The molecule has 0 aliphatic rings. The Balaban J connectivity index is 2.92. The fourth-order valence-corrected chi connectivity index (χ4v) is 1.42. The van der Waals surface area contributed by atoms with Crippen molar-refractivity contribution < 1.29 is 9.50 Å². The molecule has 0 amide bonds. The summed E-state index contributed by atoms with van der Waals surface area (Å²) in [7, 11) is 2.01. The van der Waals surface area contributed by atoms with E-state index >= 15 is 0 Å². The summed E-state index contributed by atoms with van der Waals surface area (Å²) in [6.07, 6.45) is 0.416. The van der Waals surface area contributed by atoms with Gasteiger partial charge in [0, 0.05) is 18.5 Å². The Morgan fingerprint density at radius 3 is 2.82 bits per heavy atom. The van der Waals surface area contributed by atoms with E-state index in [0.29, 0.717) is 12.0 Å². The molecule has 1 rings (SSSR count). The first kappa shape index (κ1) is 13.7. The minimum absolute atomic E-state index is 0.0342. The molecule has 0 spiro atoms. The lowest BCUT2D eigenvalue weighted by molar-refractivity contribution is 0.305. The third-order valence-corrected chi connectivity index (χ3v) is 2.51. The zero-order chi connectivity index (χ0) is 12.7. The Kier molecular flexibility index (Phi) is 5.68. The lowest BCUT2D eigenvalue weighted by Crippen LogP contribution is -2.17. The average Bonchev–Trinajstić information content (AvgIpc) is 2.32. The van der Waals surface area contributed by atoms with E-state index in [4.69, 9.17) is 5.11 Å². The SMILES string of the molecule is CCN(C)Cc1ccc(F)cc1C#CCCO. The fraction of sp³-hybridized carbons (Fsp3) is 0.429. The standard InChI is InChI=1S/C14H18FNO/c1-3-16(2)11-13-7-8-14(15)10-12(13)6-4-5-9-17/h7-8,10,17H,3,5,9,11H2,1-2H3. The molecule has 0 atom stereocenters. The predicted molar refractivity (Wildman–Crippen MR) is 67.0 cm³/mol. The summed E-state index contributed by atoms with van der Waals surface area (Å²) in [6, 6.07) is 4.67. The summed E-state index contributed by atoms with van der Waals surface area (Å²) in [4.78, 5) is 2.13. The van der Waals surface area contributed by atoms with E-state index in [1.54, 1.807) is 6.07 Å². The van der Waals surface area contributed by atoms with Gasteiger partial charge in [-0.2, -0.15) is 0 Å². The molecule has 92 valence electrons. The summed E-state index contributed by atoms with van der Waals surface area (Å²) < 4.78 is 13.1. The van der Waals surface area contributed by atoms with Crippen LogP contribution >= 0.6 is 0 Å². The summed E-state index contributed by atoms with van der Waals surface area (Å²) in [6.45, 7) is 3.79. The molecule has 0 heterocycles. The van der Waals surface area contributed by atoms with E-state index in [1.165, 1.54) is 12.1 Å². The molecule has 1 aromatic carbocycles. The zero-order valence-electron chi connectivity index (χ0n) is 10.3. The molecule has 1 aromatic rings. The second-order valence-corrected chi connectivity index (χ2v) is 3.91. The van der Waals surface area contributed by atoms with Crippen molar-refractivity contribution in [3.63, 3.8) is 0 Å². The van der Waals surface area contributed by atoms with Crippen molar-refractivity contribution in [2.45, 2.75) is 19.9 Å². The van der Waals surface area contributed by atoms with Crippen molar-refractivity contribution in [2.24, 2.45) is 0 Å². The molecule has 0 aliphatic heterocycles. The molecule has 0 fully saturated rings. The van der Waals surface area contributed by atoms with Crippen molar-refractivity contribution in [3.8, 4) is 11.8 Å². The first-order valence-electron chi connectivity index (χ1n) is 5.74. The number of nitrogens with zero attached hydrogens (tertiary/aromatic N) is 1. The zero-order valence-corrected chi connectivity index (χ0v) is 10.3. The van der Waals surface area contributed by atoms with Crippen LogP contribution < -0.4 is 0 Å². The molecule has 2 nitrogen and oxygen atoms in total. The van der Waals surface area contributed by atoms with Gasteiger partial charge in [0.05, 0.1) is 6.61 Å². The van der Waals surface area contributed by atoms with Gasteiger partial charge in [-0.3, -0.25) is 0 Å². The van der Waals surface area contributed by atoms with Crippen molar-refractivity contribution in [2.75, 3.05) is 20.2 Å². The largest absolute Gasteiger partial charge is 0.395 e. The Morgan fingerprint density at radius 2 is 2.18 bits per heavy atom. The first-order valence-corrected chi connectivity index (χ1v) is 5.74. The monoisotopic (exact) mass is 235 g/mol. The van der Waals surface area contributed by atoms with E-state index < -0.39 is 0 Å². The van der Waals surface area contributed by atoms with Crippen molar-refractivity contribution in [1.29, 1.82) is 0 Å². The topological polar surface area (TPSA) is 23.5 Å². The van der Waals surface area contributed by atoms with Gasteiger partial charge in [0.1, 0.15) is 5.82 Å². The van der Waals surface area contributed by atoms with Gasteiger partial charge in [0.2, 0.25) is 0 Å². The molecule has 0 radical (unpaired) electrons. The van der Waals surface area contributed by atoms with Gasteiger partial charge in [-0.15, -0.1) is 0 Å². The van der Waals surface area contributed by atoms with E-state index in [-0.39, 0.29) is 12.4 Å². The Bertz CT molecular complexity index is 420. The number of aliphatic hydroxyl groups is 1. The third kappa shape index (κ3) is 4.56. The van der Waals surface area contributed by atoms with Crippen LogP contribution in [-0.4, -0.2) is 30.2 Å². The number of hydrogen-bond donors (Lipinski definition) is 1. The van der Waals surface area contributed by atoms with E-state index in [1.807, 2.05) is 7.05 Å². The quantitative estimate of drug-likeness (QED) is 0.807.